The summed E-state index contributed by atoms with van der Waals surface area (Å²) >= 11 is 1.51. The lowest BCUT2D eigenvalue weighted by molar-refractivity contribution is -0.113. The summed E-state index contributed by atoms with van der Waals surface area (Å²) in [5, 5.41) is 6.38. The minimum atomic E-state index is -0.442. The van der Waals surface area contributed by atoms with Gasteiger partial charge in [-0.2, -0.15) is 0 Å². The van der Waals surface area contributed by atoms with Gasteiger partial charge >= 0.3 is 0 Å². The molecule has 0 saturated carbocycles. The summed E-state index contributed by atoms with van der Waals surface area (Å²) in [5.74, 6) is 1.13. The van der Waals surface area contributed by atoms with Crippen molar-refractivity contribution < 1.29 is 18.7 Å². The van der Waals surface area contributed by atoms with E-state index in [0.29, 0.717) is 29.0 Å². The van der Waals surface area contributed by atoms with E-state index < -0.39 is 5.91 Å². The Morgan fingerprint density at radius 2 is 1.64 bits per heavy atom. The van der Waals surface area contributed by atoms with Crippen molar-refractivity contribution in [2.75, 3.05) is 23.0 Å². The molecule has 0 aliphatic rings. The Morgan fingerprint density at radius 3 is 2.39 bits per heavy atom. The van der Waals surface area contributed by atoms with Crippen molar-refractivity contribution in [2.45, 2.75) is 12.7 Å². The second kappa shape index (κ2) is 10.7. The number of anilines is 2. The predicted molar refractivity (Wildman–Crippen MR) is 133 cm³/mol. The summed E-state index contributed by atoms with van der Waals surface area (Å²) in [6.07, 6.45) is 0. The van der Waals surface area contributed by atoms with Crippen molar-refractivity contribution in [1.29, 1.82) is 0 Å². The van der Waals surface area contributed by atoms with E-state index in [4.69, 9.17) is 9.15 Å². The number of thioether (sulfide) groups is 1. The number of amides is 2. The highest BCUT2D eigenvalue weighted by Gasteiger charge is 2.22. The van der Waals surface area contributed by atoms with Gasteiger partial charge in [-0.25, -0.2) is 0 Å². The van der Waals surface area contributed by atoms with Crippen molar-refractivity contribution in [3.05, 3.63) is 90.2 Å². The van der Waals surface area contributed by atoms with E-state index in [1.807, 2.05) is 55.5 Å². The maximum absolute atomic E-state index is 13.0. The molecule has 3 aromatic carbocycles. The third kappa shape index (κ3) is 5.75. The van der Waals surface area contributed by atoms with Crippen molar-refractivity contribution >= 4 is 45.9 Å². The van der Waals surface area contributed by atoms with E-state index in [9.17, 15) is 9.59 Å². The van der Waals surface area contributed by atoms with Crippen LogP contribution in [0.15, 0.2) is 83.3 Å². The van der Waals surface area contributed by atoms with E-state index in [2.05, 4.69) is 10.6 Å². The fraction of sp³-hybridized carbons (Fsp3) is 0.154. The molecule has 2 amide bonds. The summed E-state index contributed by atoms with van der Waals surface area (Å²) in [7, 11) is 0. The molecule has 1 aromatic heterocycles. The van der Waals surface area contributed by atoms with Gasteiger partial charge in [0.25, 0.3) is 5.91 Å². The molecule has 2 N–H and O–H groups in total. The number of hydrogen-bond donors (Lipinski definition) is 2. The Hall–Kier alpha value is -3.71. The van der Waals surface area contributed by atoms with Gasteiger partial charge in [-0.1, -0.05) is 42.5 Å². The quantitative estimate of drug-likeness (QED) is 0.322. The molecule has 0 atom stereocenters. The van der Waals surface area contributed by atoms with E-state index >= 15 is 0 Å². The number of ether oxygens (including phenoxy) is 1. The van der Waals surface area contributed by atoms with Crippen LogP contribution in [0.3, 0.4) is 0 Å². The molecule has 0 fully saturated rings. The van der Waals surface area contributed by atoms with E-state index in [1.54, 1.807) is 30.3 Å². The lowest BCUT2D eigenvalue weighted by Gasteiger charge is -2.08. The van der Waals surface area contributed by atoms with Crippen LogP contribution >= 0.6 is 11.8 Å². The Bertz CT molecular complexity index is 1240. The molecular weight excluding hydrogens is 436 g/mol. The normalized spacial score (nSPS) is 10.7. The smallest absolute Gasteiger partial charge is 0.293 e. The molecule has 0 saturated heterocycles. The minimum Gasteiger partial charge on any atom is -0.494 e. The maximum atomic E-state index is 13.0. The van der Waals surface area contributed by atoms with Gasteiger partial charge in [0.05, 0.1) is 12.4 Å². The second-order valence-electron chi connectivity index (χ2n) is 7.24. The van der Waals surface area contributed by atoms with Crippen LogP contribution in [0.1, 0.15) is 23.0 Å². The zero-order chi connectivity index (χ0) is 23.0. The van der Waals surface area contributed by atoms with Gasteiger partial charge in [0.15, 0.2) is 0 Å². The summed E-state index contributed by atoms with van der Waals surface area (Å²) < 4.78 is 11.2. The van der Waals surface area contributed by atoms with Gasteiger partial charge in [0, 0.05) is 16.8 Å². The molecule has 33 heavy (non-hydrogen) atoms. The van der Waals surface area contributed by atoms with Crippen LogP contribution in [0, 0.1) is 0 Å². The number of benzene rings is 3. The van der Waals surface area contributed by atoms with Crippen LogP contribution < -0.4 is 15.4 Å². The average molecular weight is 461 g/mol. The Balaban J connectivity index is 1.47. The molecule has 0 aliphatic heterocycles. The van der Waals surface area contributed by atoms with Gasteiger partial charge in [0.1, 0.15) is 17.0 Å². The highest BCUT2D eigenvalue weighted by molar-refractivity contribution is 7.99. The van der Waals surface area contributed by atoms with Gasteiger partial charge in [-0.05, 0) is 48.9 Å². The number of hydrogen-bond acceptors (Lipinski definition) is 5. The number of fused-ring (bicyclic) bond motifs is 1. The van der Waals surface area contributed by atoms with Crippen LogP contribution in [-0.2, 0) is 10.5 Å². The van der Waals surface area contributed by atoms with E-state index in [1.165, 1.54) is 11.8 Å². The van der Waals surface area contributed by atoms with Gasteiger partial charge in [0.2, 0.25) is 11.7 Å². The number of carbonyl (C=O) groups excluding carboxylic acids is 2. The number of carbonyl (C=O) groups is 2. The van der Waals surface area contributed by atoms with Crippen LogP contribution in [0.25, 0.3) is 11.0 Å². The third-order valence-electron chi connectivity index (χ3n) is 4.83. The Labute approximate surface area is 196 Å². The van der Waals surface area contributed by atoms with Crippen LogP contribution in [0.2, 0.25) is 0 Å². The first-order chi connectivity index (χ1) is 16.1. The molecule has 0 unspecified atom stereocenters. The topological polar surface area (TPSA) is 80.6 Å². The molecule has 4 aromatic rings. The average Bonchev–Trinajstić information content (AvgIpc) is 3.20. The zero-order valence-electron chi connectivity index (χ0n) is 18.2. The van der Waals surface area contributed by atoms with Gasteiger partial charge < -0.3 is 19.8 Å². The Kier molecular flexibility index (Phi) is 7.32. The van der Waals surface area contributed by atoms with Crippen LogP contribution in [0.5, 0.6) is 5.75 Å². The standard InChI is InChI=1S/C26H24N2O4S/c1-2-31-20-14-12-19(13-15-20)27-26(30)25-24(21-10-6-7-11-22(21)32-25)28-23(29)17-33-16-18-8-4-3-5-9-18/h3-15H,2,16-17H2,1H3,(H,27,30)(H,28,29). The van der Waals surface area contributed by atoms with Gasteiger partial charge in [-0.3, -0.25) is 9.59 Å². The number of para-hydroxylation sites is 1. The van der Waals surface area contributed by atoms with Crippen molar-refractivity contribution in [2.24, 2.45) is 0 Å². The highest BCUT2D eigenvalue weighted by Crippen LogP contribution is 2.32. The molecule has 6 nitrogen and oxygen atoms in total. The fourth-order valence-electron chi connectivity index (χ4n) is 3.33. The molecule has 4 rings (SSSR count). The summed E-state index contributed by atoms with van der Waals surface area (Å²) in [6.45, 7) is 2.48. The summed E-state index contributed by atoms with van der Waals surface area (Å²) in [5.41, 5.74) is 2.65. The van der Waals surface area contributed by atoms with Gasteiger partial charge in [-0.15, -0.1) is 11.8 Å². The molecule has 0 radical (unpaired) electrons. The molecule has 1 heterocycles. The predicted octanol–water partition coefficient (Wildman–Crippen LogP) is 5.96. The van der Waals surface area contributed by atoms with Crippen LogP contribution in [0.4, 0.5) is 11.4 Å². The minimum absolute atomic E-state index is 0.0616. The van der Waals surface area contributed by atoms with E-state index in [-0.39, 0.29) is 17.4 Å². The lowest BCUT2D eigenvalue weighted by Crippen LogP contribution is -2.18. The molecule has 0 aliphatic carbocycles. The number of nitrogens with one attached hydrogen (secondary N) is 2. The zero-order valence-corrected chi connectivity index (χ0v) is 19.0. The first-order valence-corrected chi connectivity index (χ1v) is 11.8. The van der Waals surface area contributed by atoms with Crippen molar-refractivity contribution in [3.63, 3.8) is 0 Å². The molecule has 168 valence electrons. The highest BCUT2D eigenvalue weighted by atomic mass is 32.2. The first-order valence-electron chi connectivity index (χ1n) is 10.6. The summed E-state index contributed by atoms with van der Waals surface area (Å²) in [4.78, 5) is 25.7. The fourth-order valence-corrected chi connectivity index (χ4v) is 4.12. The Morgan fingerprint density at radius 1 is 0.909 bits per heavy atom. The maximum Gasteiger partial charge on any atom is 0.293 e. The first kappa shape index (κ1) is 22.5. The van der Waals surface area contributed by atoms with Crippen LogP contribution in [-0.4, -0.2) is 24.2 Å². The molecule has 0 spiro atoms. The SMILES string of the molecule is CCOc1ccc(NC(=O)c2oc3ccccc3c2NC(=O)CSCc2ccccc2)cc1. The molecule has 0 bridgehead atoms. The van der Waals surface area contributed by atoms with Crippen molar-refractivity contribution in [1.82, 2.24) is 0 Å². The molecular formula is C26H24N2O4S. The monoisotopic (exact) mass is 460 g/mol. The van der Waals surface area contributed by atoms with Crippen molar-refractivity contribution in [3.8, 4) is 5.75 Å². The number of furan rings is 1. The van der Waals surface area contributed by atoms with E-state index in [0.717, 1.165) is 17.1 Å². The second-order valence-corrected chi connectivity index (χ2v) is 8.23. The molecule has 7 heteroatoms. The lowest BCUT2D eigenvalue weighted by atomic mass is 10.2. The third-order valence-corrected chi connectivity index (χ3v) is 5.84. The summed E-state index contributed by atoms with van der Waals surface area (Å²) in [6, 6.07) is 24.3. The largest absolute Gasteiger partial charge is 0.494 e. The number of rotatable bonds is 9.